The largest absolute Gasteiger partial charge is 0.396 e. The summed E-state index contributed by atoms with van der Waals surface area (Å²) >= 11 is 3.59. The van der Waals surface area contributed by atoms with Crippen LogP contribution >= 0.6 is 23.1 Å². The second-order valence-corrected chi connectivity index (χ2v) is 6.57. The van der Waals surface area contributed by atoms with Crippen LogP contribution in [0, 0.1) is 0 Å². The van der Waals surface area contributed by atoms with Crippen molar-refractivity contribution in [3.05, 3.63) is 21.4 Å². The van der Waals surface area contributed by atoms with Gasteiger partial charge in [0.2, 0.25) is 0 Å². The van der Waals surface area contributed by atoms with Crippen LogP contribution in [0.15, 0.2) is 6.07 Å². The molecule has 1 aromatic rings. The summed E-state index contributed by atoms with van der Waals surface area (Å²) in [7, 11) is 0. The van der Waals surface area contributed by atoms with E-state index in [-0.39, 0.29) is 12.5 Å². The van der Waals surface area contributed by atoms with Crippen LogP contribution in [-0.2, 0) is 12.2 Å². The Hall–Kier alpha value is -0.520. The van der Waals surface area contributed by atoms with Gasteiger partial charge in [0.05, 0.1) is 4.88 Å². The van der Waals surface area contributed by atoms with Gasteiger partial charge < -0.3 is 10.0 Å². The fourth-order valence-corrected chi connectivity index (χ4v) is 4.41. The Morgan fingerprint density at radius 2 is 2.39 bits per heavy atom. The van der Waals surface area contributed by atoms with E-state index in [4.69, 9.17) is 5.11 Å². The fraction of sp³-hybridized carbons (Fsp3) is 0.615. The quantitative estimate of drug-likeness (QED) is 0.903. The zero-order valence-corrected chi connectivity index (χ0v) is 12.3. The number of rotatable bonds is 5. The number of hydrogen-bond acceptors (Lipinski definition) is 4. The summed E-state index contributed by atoms with van der Waals surface area (Å²) in [5.74, 6) is 2.33. The van der Waals surface area contributed by atoms with Crippen LogP contribution in [0.2, 0.25) is 0 Å². The first-order chi connectivity index (χ1) is 8.76. The molecule has 0 unspecified atom stereocenters. The molecule has 1 amide bonds. The van der Waals surface area contributed by atoms with Crippen LogP contribution in [0.3, 0.4) is 0 Å². The summed E-state index contributed by atoms with van der Waals surface area (Å²) in [6, 6.07) is 2.07. The van der Waals surface area contributed by atoms with Gasteiger partial charge in [-0.25, -0.2) is 0 Å². The Morgan fingerprint density at radius 1 is 1.56 bits per heavy atom. The van der Waals surface area contributed by atoms with Gasteiger partial charge in [-0.1, -0.05) is 0 Å². The van der Waals surface area contributed by atoms with Crippen LogP contribution in [0.5, 0.6) is 0 Å². The number of fused-ring (bicyclic) bond motifs is 1. The number of aliphatic hydroxyl groups excluding tert-OH is 1. The molecule has 0 aliphatic carbocycles. The highest BCUT2D eigenvalue weighted by Crippen LogP contribution is 2.32. The lowest BCUT2D eigenvalue weighted by atomic mass is 10.2. The number of aliphatic hydroxyl groups is 1. The van der Waals surface area contributed by atoms with Crippen molar-refractivity contribution in [1.29, 1.82) is 0 Å². The van der Waals surface area contributed by atoms with Crippen molar-refractivity contribution in [2.45, 2.75) is 25.5 Å². The average Bonchev–Trinajstić information content (AvgIpc) is 2.83. The second-order valence-electron chi connectivity index (χ2n) is 4.32. The Bertz CT molecular complexity index is 394. The van der Waals surface area contributed by atoms with Crippen molar-refractivity contribution in [2.24, 2.45) is 0 Å². The summed E-state index contributed by atoms with van der Waals surface area (Å²) in [6.07, 6.45) is 1.75. The van der Waals surface area contributed by atoms with Crippen LogP contribution in [0.25, 0.3) is 0 Å². The molecule has 5 heteroatoms. The molecule has 1 N–H and O–H groups in total. The van der Waals surface area contributed by atoms with E-state index in [9.17, 15) is 4.79 Å². The molecule has 0 atom stereocenters. The van der Waals surface area contributed by atoms with Crippen LogP contribution in [0.1, 0.15) is 33.5 Å². The summed E-state index contributed by atoms with van der Waals surface area (Å²) < 4.78 is 0. The first-order valence-electron chi connectivity index (χ1n) is 6.35. The van der Waals surface area contributed by atoms with E-state index in [1.165, 1.54) is 16.2 Å². The molecule has 0 radical (unpaired) electrons. The Balaban J connectivity index is 2.09. The second kappa shape index (κ2) is 6.59. The van der Waals surface area contributed by atoms with Gasteiger partial charge >= 0.3 is 0 Å². The standard InChI is InChI=1S/C13H19NO2S2/c1-2-14(5-3-6-15)13(16)12-8-10-9-17-7-4-11(10)18-12/h8,15H,2-7,9H2,1H3. The molecule has 100 valence electrons. The molecule has 3 nitrogen and oxygen atoms in total. The number of nitrogens with zero attached hydrogens (tertiary/aromatic N) is 1. The van der Waals surface area contributed by atoms with E-state index in [0.29, 0.717) is 19.5 Å². The minimum absolute atomic E-state index is 0.121. The molecule has 0 spiro atoms. The number of carbonyl (C=O) groups is 1. The van der Waals surface area contributed by atoms with Gasteiger partial charge in [0.25, 0.3) is 5.91 Å². The Labute approximate surface area is 116 Å². The van der Waals surface area contributed by atoms with Gasteiger partial charge in [-0.2, -0.15) is 11.8 Å². The molecular weight excluding hydrogens is 266 g/mol. The molecular formula is C13H19NO2S2. The van der Waals surface area contributed by atoms with Crippen molar-refractivity contribution in [2.75, 3.05) is 25.4 Å². The molecule has 1 aromatic heterocycles. The normalized spacial score (nSPS) is 14.3. The van der Waals surface area contributed by atoms with E-state index >= 15 is 0 Å². The summed E-state index contributed by atoms with van der Waals surface area (Å²) in [5, 5.41) is 8.86. The maximum atomic E-state index is 12.3. The molecule has 0 saturated carbocycles. The van der Waals surface area contributed by atoms with Gasteiger partial charge in [-0.3, -0.25) is 4.79 Å². The smallest absolute Gasteiger partial charge is 0.263 e. The van der Waals surface area contributed by atoms with E-state index in [2.05, 4.69) is 6.07 Å². The van der Waals surface area contributed by atoms with E-state index in [1.807, 2.05) is 23.6 Å². The predicted molar refractivity (Wildman–Crippen MR) is 77.5 cm³/mol. The summed E-state index contributed by atoms with van der Waals surface area (Å²) in [6.45, 7) is 3.47. The summed E-state index contributed by atoms with van der Waals surface area (Å²) in [4.78, 5) is 16.4. The summed E-state index contributed by atoms with van der Waals surface area (Å²) in [5.41, 5.74) is 1.35. The SMILES string of the molecule is CCN(CCCO)C(=O)c1cc2c(s1)CCSC2. The lowest BCUT2D eigenvalue weighted by Gasteiger charge is -2.19. The van der Waals surface area contributed by atoms with Crippen molar-refractivity contribution in [1.82, 2.24) is 4.90 Å². The van der Waals surface area contributed by atoms with E-state index in [1.54, 1.807) is 11.3 Å². The van der Waals surface area contributed by atoms with Crippen LogP contribution in [0.4, 0.5) is 0 Å². The van der Waals surface area contributed by atoms with Crippen molar-refractivity contribution < 1.29 is 9.90 Å². The van der Waals surface area contributed by atoms with Gasteiger partial charge in [-0.05, 0) is 37.1 Å². The highest BCUT2D eigenvalue weighted by molar-refractivity contribution is 7.98. The van der Waals surface area contributed by atoms with Gasteiger partial charge in [0.1, 0.15) is 0 Å². The number of thiophene rings is 1. The maximum Gasteiger partial charge on any atom is 0.263 e. The van der Waals surface area contributed by atoms with E-state index < -0.39 is 0 Å². The van der Waals surface area contributed by atoms with Gasteiger partial charge in [0.15, 0.2) is 0 Å². The number of hydrogen-bond donors (Lipinski definition) is 1. The molecule has 2 heterocycles. The van der Waals surface area contributed by atoms with E-state index in [0.717, 1.165) is 17.1 Å². The van der Waals surface area contributed by atoms with Gasteiger partial charge in [0, 0.05) is 30.3 Å². The number of aryl methyl sites for hydroxylation is 1. The molecule has 0 bridgehead atoms. The minimum atomic E-state index is 0.121. The lowest BCUT2D eigenvalue weighted by Crippen LogP contribution is -2.31. The first-order valence-corrected chi connectivity index (χ1v) is 8.32. The highest BCUT2D eigenvalue weighted by atomic mass is 32.2. The third kappa shape index (κ3) is 3.08. The molecule has 2 rings (SSSR count). The fourth-order valence-electron chi connectivity index (χ4n) is 2.07. The molecule has 0 aromatic carbocycles. The zero-order valence-electron chi connectivity index (χ0n) is 10.6. The van der Waals surface area contributed by atoms with Crippen molar-refractivity contribution in [3.8, 4) is 0 Å². The highest BCUT2D eigenvalue weighted by Gasteiger charge is 2.20. The van der Waals surface area contributed by atoms with Crippen molar-refractivity contribution >= 4 is 29.0 Å². The minimum Gasteiger partial charge on any atom is -0.396 e. The lowest BCUT2D eigenvalue weighted by molar-refractivity contribution is 0.0759. The Kier molecular flexibility index (Phi) is 5.09. The molecule has 1 aliphatic heterocycles. The first kappa shape index (κ1) is 13.9. The monoisotopic (exact) mass is 285 g/mol. The maximum absolute atomic E-state index is 12.3. The van der Waals surface area contributed by atoms with Crippen molar-refractivity contribution in [3.63, 3.8) is 0 Å². The number of amides is 1. The number of thioether (sulfide) groups is 1. The molecule has 0 saturated heterocycles. The topological polar surface area (TPSA) is 40.5 Å². The zero-order chi connectivity index (χ0) is 13.0. The molecule has 0 fully saturated rings. The molecule has 18 heavy (non-hydrogen) atoms. The number of carbonyl (C=O) groups excluding carboxylic acids is 1. The van der Waals surface area contributed by atoms with Crippen LogP contribution in [-0.4, -0.2) is 41.4 Å². The van der Waals surface area contributed by atoms with Crippen LogP contribution < -0.4 is 0 Å². The third-order valence-electron chi connectivity index (χ3n) is 3.09. The predicted octanol–water partition coefficient (Wildman–Crippen LogP) is 2.38. The Morgan fingerprint density at radius 3 is 3.06 bits per heavy atom. The average molecular weight is 285 g/mol. The molecule has 1 aliphatic rings. The third-order valence-corrected chi connectivity index (χ3v) is 5.33. The van der Waals surface area contributed by atoms with Gasteiger partial charge in [-0.15, -0.1) is 11.3 Å².